The highest BCUT2D eigenvalue weighted by atomic mass is 31.2. The summed E-state index contributed by atoms with van der Waals surface area (Å²) in [6.07, 6.45) is 2.38. The van der Waals surface area contributed by atoms with Gasteiger partial charge >= 0.3 is 0 Å². The van der Waals surface area contributed by atoms with Gasteiger partial charge in [-0.15, -0.1) is 0 Å². The molecule has 3 rings (SSSR count). The molecule has 0 saturated carbocycles. The molecule has 0 fully saturated rings. The first kappa shape index (κ1) is 16.5. The van der Waals surface area contributed by atoms with E-state index >= 15 is 0 Å². The van der Waals surface area contributed by atoms with E-state index in [0.29, 0.717) is 17.8 Å². The van der Waals surface area contributed by atoms with Gasteiger partial charge in [0.15, 0.2) is 11.2 Å². The first-order valence-electron chi connectivity index (χ1n) is 7.45. The highest BCUT2D eigenvalue weighted by molar-refractivity contribution is 7.62. The zero-order valence-electron chi connectivity index (χ0n) is 13.9. The van der Waals surface area contributed by atoms with Crippen LogP contribution in [-0.2, 0) is 9.30 Å². The molecule has 3 N–H and O–H groups in total. The Kier molecular flexibility index (Phi) is 3.87. The number of aromatic nitrogens is 4. The van der Waals surface area contributed by atoms with Gasteiger partial charge in [0.05, 0.1) is 12.4 Å². The Morgan fingerprint density at radius 3 is 2.92 bits per heavy atom. The van der Waals surface area contributed by atoms with Crippen LogP contribution in [0.3, 0.4) is 0 Å². The van der Waals surface area contributed by atoms with Crippen molar-refractivity contribution in [2.75, 3.05) is 25.4 Å². The molecule has 2 heterocycles. The maximum absolute atomic E-state index is 11.9. The van der Waals surface area contributed by atoms with Crippen LogP contribution in [0.1, 0.15) is 19.4 Å². The number of imidazole rings is 1. The lowest BCUT2D eigenvalue weighted by molar-refractivity contribution is 0.269. The van der Waals surface area contributed by atoms with Gasteiger partial charge < -0.3 is 19.6 Å². The van der Waals surface area contributed by atoms with Crippen molar-refractivity contribution in [1.29, 1.82) is 0 Å². The summed E-state index contributed by atoms with van der Waals surface area (Å²) in [4.78, 5) is 22.7. The van der Waals surface area contributed by atoms with Crippen molar-refractivity contribution in [2.45, 2.75) is 19.4 Å². The van der Waals surface area contributed by atoms with Gasteiger partial charge in [0, 0.05) is 5.57 Å². The minimum atomic E-state index is -2.29. The van der Waals surface area contributed by atoms with Gasteiger partial charge in [0.2, 0.25) is 5.95 Å². The van der Waals surface area contributed by atoms with Crippen molar-refractivity contribution in [3.8, 4) is 0 Å². The molecule has 128 valence electrons. The molecule has 24 heavy (non-hydrogen) atoms. The average Bonchev–Trinajstić information content (AvgIpc) is 2.98. The number of hydrogen-bond acceptors (Lipinski definition) is 6. The summed E-state index contributed by atoms with van der Waals surface area (Å²) in [7, 11) is -2.29. The normalized spacial score (nSPS) is 18.6. The molecule has 0 radical (unpaired) electrons. The maximum atomic E-state index is 11.9. The summed E-state index contributed by atoms with van der Waals surface area (Å²) in [5.74, 6) is 0.709. The lowest BCUT2D eigenvalue weighted by Crippen LogP contribution is -2.14. The molecule has 8 nitrogen and oxygen atoms in total. The molecule has 0 aromatic carbocycles. The van der Waals surface area contributed by atoms with Gasteiger partial charge in [0.25, 0.3) is 5.56 Å². The molecule has 0 unspecified atom stereocenters. The fourth-order valence-electron chi connectivity index (χ4n) is 2.80. The fourth-order valence-corrected chi connectivity index (χ4v) is 3.24. The van der Waals surface area contributed by atoms with Crippen molar-refractivity contribution < 1.29 is 9.30 Å². The molecule has 1 aliphatic rings. The summed E-state index contributed by atoms with van der Waals surface area (Å²) >= 11 is 0. The van der Waals surface area contributed by atoms with Gasteiger partial charge in [-0.1, -0.05) is 6.58 Å². The number of fused-ring (bicyclic) bond motifs is 1. The van der Waals surface area contributed by atoms with Crippen molar-refractivity contribution >= 4 is 24.3 Å². The predicted octanol–water partition coefficient (Wildman–Crippen LogP) is 2.07. The van der Waals surface area contributed by atoms with Gasteiger partial charge in [-0.25, -0.2) is 4.98 Å². The Labute approximate surface area is 138 Å². The summed E-state index contributed by atoms with van der Waals surface area (Å²) in [6, 6.07) is -0.160. The third-order valence-electron chi connectivity index (χ3n) is 3.89. The van der Waals surface area contributed by atoms with Crippen LogP contribution in [0.15, 0.2) is 34.6 Å². The molecule has 9 heteroatoms. The third kappa shape index (κ3) is 2.89. The number of aromatic amines is 1. The highest BCUT2D eigenvalue weighted by Crippen LogP contribution is 2.43. The fraction of sp³-hybridized carbons (Fsp3) is 0.400. The SMILES string of the molecule is C=C1C(OCP(C)(C)=O)=C(C)C[C@@H]1n1cnc2c(=O)[nH]c(N)nc21. The smallest absolute Gasteiger partial charge is 0.280 e. The Morgan fingerprint density at radius 2 is 2.25 bits per heavy atom. The lowest BCUT2D eigenvalue weighted by Gasteiger charge is -2.17. The summed E-state index contributed by atoms with van der Waals surface area (Å²) < 4.78 is 19.4. The van der Waals surface area contributed by atoms with E-state index in [2.05, 4.69) is 21.5 Å². The van der Waals surface area contributed by atoms with E-state index < -0.39 is 7.14 Å². The molecule has 2 aromatic heterocycles. The number of anilines is 1. The summed E-state index contributed by atoms with van der Waals surface area (Å²) in [6.45, 7) is 9.42. The van der Waals surface area contributed by atoms with Crippen molar-refractivity contribution in [1.82, 2.24) is 19.5 Å². The number of ether oxygens (including phenoxy) is 1. The molecule has 1 aliphatic carbocycles. The molecule has 0 aliphatic heterocycles. The highest BCUT2D eigenvalue weighted by Gasteiger charge is 2.31. The molecular weight excluding hydrogens is 329 g/mol. The van der Waals surface area contributed by atoms with Crippen LogP contribution in [0.2, 0.25) is 0 Å². The van der Waals surface area contributed by atoms with E-state index in [1.54, 1.807) is 24.2 Å². The standard InChI is InChI=1S/C15H20N5O3P/c1-8-5-10(9(2)12(8)23-7-24(3,4)22)20-6-17-11-13(20)18-15(16)19-14(11)21/h6,10H,2,5,7H2,1,3-4H3,(H3,16,18,19,21)/t10-/m0/s1. The zero-order valence-corrected chi connectivity index (χ0v) is 14.8. The predicted molar refractivity (Wildman–Crippen MR) is 93.5 cm³/mol. The van der Waals surface area contributed by atoms with Gasteiger partial charge in [-0.05, 0) is 32.2 Å². The van der Waals surface area contributed by atoms with Gasteiger partial charge in [-0.2, -0.15) is 4.98 Å². The molecule has 2 aromatic rings. The number of nitrogen functional groups attached to an aromatic ring is 1. The van der Waals surface area contributed by atoms with E-state index in [-0.39, 0.29) is 29.4 Å². The van der Waals surface area contributed by atoms with E-state index in [9.17, 15) is 9.36 Å². The number of nitrogens with two attached hydrogens (primary N) is 1. The topological polar surface area (TPSA) is 116 Å². The molecule has 1 atom stereocenters. The molecular formula is C15H20N5O3P. The monoisotopic (exact) mass is 349 g/mol. The lowest BCUT2D eigenvalue weighted by atomic mass is 10.1. The Morgan fingerprint density at radius 1 is 1.54 bits per heavy atom. The minimum Gasteiger partial charge on any atom is -0.486 e. The van der Waals surface area contributed by atoms with E-state index in [1.807, 2.05) is 6.92 Å². The number of hydrogen-bond donors (Lipinski definition) is 2. The van der Waals surface area contributed by atoms with Crippen LogP contribution in [0.4, 0.5) is 5.95 Å². The number of nitrogens with one attached hydrogen (secondary N) is 1. The second-order valence-electron chi connectivity index (χ2n) is 6.48. The first-order valence-corrected chi connectivity index (χ1v) is 10.2. The molecule has 0 spiro atoms. The van der Waals surface area contributed by atoms with Crippen LogP contribution in [0, 0.1) is 0 Å². The first-order chi connectivity index (χ1) is 11.2. The number of nitrogens with zero attached hydrogens (tertiary/aromatic N) is 3. The Bertz CT molecular complexity index is 965. The second-order valence-corrected chi connectivity index (χ2v) is 9.88. The largest absolute Gasteiger partial charge is 0.486 e. The van der Waals surface area contributed by atoms with Crippen molar-refractivity contribution in [3.05, 3.63) is 40.2 Å². The van der Waals surface area contributed by atoms with E-state index in [1.165, 1.54) is 0 Å². The van der Waals surface area contributed by atoms with Crippen molar-refractivity contribution in [3.63, 3.8) is 0 Å². The van der Waals surface area contributed by atoms with Crippen LogP contribution in [-0.4, -0.2) is 39.2 Å². The van der Waals surface area contributed by atoms with Crippen LogP contribution in [0.5, 0.6) is 0 Å². The molecule has 0 amide bonds. The van der Waals surface area contributed by atoms with Crippen molar-refractivity contribution in [2.24, 2.45) is 0 Å². The van der Waals surface area contributed by atoms with Crippen LogP contribution in [0.25, 0.3) is 11.2 Å². The van der Waals surface area contributed by atoms with E-state index in [4.69, 9.17) is 10.5 Å². The average molecular weight is 349 g/mol. The maximum Gasteiger partial charge on any atom is 0.280 e. The van der Waals surface area contributed by atoms with Gasteiger partial charge in [-0.3, -0.25) is 9.78 Å². The Balaban J connectivity index is 1.95. The number of H-pyrrole nitrogens is 1. The second kappa shape index (κ2) is 5.63. The van der Waals surface area contributed by atoms with Crippen LogP contribution < -0.4 is 11.3 Å². The van der Waals surface area contributed by atoms with Crippen LogP contribution >= 0.6 is 7.14 Å². The van der Waals surface area contributed by atoms with Gasteiger partial charge in [0.1, 0.15) is 19.2 Å². The minimum absolute atomic E-state index is 0.0388. The number of allylic oxidation sites excluding steroid dienone is 2. The summed E-state index contributed by atoms with van der Waals surface area (Å²) in [5.41, 5.74) is 7.67. The Hall–Kier alpha value is -2.34. The quantitative estimate of drug-likeness (QED) is 0.816. The molecule has 0 saturated heterocycles. The van der Waals surface area contributed by atoms with E-state index in [0.717, 1.165) is 11.1 Å². The summed E-state index contributed by atoms with van der Waals surface area (Å²) in [5, 5.41) is 0. The molecule has 0 bridgehead atoms. The third-order valence-corrected chi connectivity index (χ3v) is 4.64. The zero-order chi connectivity index (χ0) is 17.6. The number of rotatable bonds is 4.